The van der Waals surface area contributed by atoms with Crippen molar-refractivity contribution in [1.82, 2.24) is 0 Å². The van der Waals surface area contributed by atoms with Crippen LogP contribution in [-0.2, 0) is 0 Å². The van der Waals surface area contributed by atoms with Gasteiger partial charge in [0.15, 0.2) is 0 Å². The van der Waals surface area contributed by atoms with Gasteiger partial charge in [0.1, 0.15) is 11.9 Å². The topological polar surface area (TPSA) is 29.5 Å². The molecule has 18 heavy (non-hydrogen) atoms. The van der Waals surface area contributed by atoms with Gasteiger partial charge in [0.05, 0.1) is 6.61 Å². The van der Waals surface area contributed by atoms with E-state index in [2.05, 4.69) is 6.58 Å². The molecule has 0 aliphatic carbocycles. The van der Waals surface area contributed by atoms with Gasteiger partial charge in [0.2, 0.25) is 0 Å². The molecule has 0 aliphatic heterocycles. The first kappa shape index (κ1) is 12.9. The van der Waals surface area contributed by atoms with E-state index in [1.807, 2.05) is 43.3 Å². The zero-order valence-corrected chi connectivity index (χ0v) is 11.1. The summed E-state index contributed by atoms with van der Waals surface area (Å²) < 4.78 is 5.38. The highest BCUT2D eigenvalue weighted by atomic mass is 32.1. The average molecular weight is 260 g/mol. The van der Waals surface area contributed by atoms with Gasteiger partial charge in [-0.1, -0.05) is 24.8 Å². The van der Waals surface area contributed by atoms with E-state index in [4.69, 9.17) is 4.74 Å². The summed E-state index contributed by atoms with van der Waals surface area (Å²) in [5, 5.41) is 10.3. The SMILES string of the molecule is C=Cc1ccc(C(O)c2ccc(OCC)cc2)s1. The molecule has 2 aromatic rings. The molecular formula is C15H16O2S. The maximum Gasteiger partial charge on any atom is 0.119 e. The third-order valence-electron chi connectivity index (χ3n) is 2.63. The van der Waals surface area contributed by atoms with E-state index >= 15 is 0 Å². The summed E-state index contributed by atoms with van der Waals surface area (Å²) in [5.41, 5.74) is 0.871. The Labute approximate surface area is 111 Å². The number of aliphatic hydroxyl groups is 1. The van der Waals surface area contributed by atoms with Crippen molar-refractivity contribution in [1.29, 1.82) is 0 Å². The predicted octanol–water partition coefficient (Wildman–Crippen LogP) is 3.87. The fourth-order valence-electron chi connectivity index (χ4n) is 1.70. The molecule has 0 aliphatic rings. The molecule has 2 rings (SSSR count). The van der Waals surface area contributed by atoms with Crippen LogP contribution in [0.15, 0.2) is 43.0 Å². The lowest BCUT2D eigenvalue weighted by Crippen LogP contribution is -1.97. The van der Waals surface area contributed by atoms with Crippen LogP contribution >= 0.6 is 11.3 Å². The number of aliphatic hydroxyl groups excluding tert-OH is 1. The van der Waals surface area contributed by atoms with E-state index in [0.717, 1.165) is 21.1 Å². The highest BCUT2D eigenvalue weighted by molar-refractivity contribution is 7.13. The predicted molar refractivity (Wildman–Crippen MR) is 76.1 cm³/mol. The van der Waals surface area contributed by atoms with Crippen LogP contribution in [0.5, 0.6) is 5.75 Å². The summed E-state index contributed by atoms with van der Waals surface area (Å²) in [6.45, 7) is 6.32. The minimum Gasteiger partial charge on any atom is -0.494 e. The summed E-state index contributed by atoms with van der Waals surface area (Å²) in [7, 11) is 0. The lowest BCUT2D eigenvalue weighted by molar-refractivity contribution is 0.224. The maximum absolute atomic E-state index is 10.3. The first-order chi connectivity index (χ1) is 8.74. The summed E-state index contributed by atoms with van der Waals surface area (Å²) in [5.74, 6) is 0.825. The molecule has 2 nitrogen and oxygen atoms in total. The monoisotopic (exact) mass is 260 g/mol. The summed E-state index contributed by atoms with van der Waals surface area (Å²) in [6, 6.07) is 11.4. The molecule has 1 heterocycles. The maximum atomic E-state index is 10.3. The second kappa shape index (κ2) is 5.85. The van der Waals surface area contributed by atoms with Gasteiger partial charge in [-0.2, -0.15) is 0 Å². The van der Waals surface area contributed by atoms with Crippen LogP contribution in [0.4, 0.5) is 0 Å². The number of benzene rings is 1. The van der Waals surface area contributed by atoms with Gasteiger partial charge in [-0.15, -0.1) is 11.3 Å². The van der Waals surface area contributed by atoms with Crippen molar-refractivity contribution in [2.45, 2.75) is 13.0 Å². The Bertz CT molecular complexity index is 514. The fraction of sp³-hybridized carbons (Fsp3) is 0.200. The van der Waals surface area contributed by atoms with Gasteiger partial charge >= 0.3 is 0 Å². The largest absolute Gasteiger partial charge is 0.494 e. The molecule has 0 saturated carbocycles. The minimum atomic E-state index is -0.584. The molecule has 0 amide bonds. The molecule has 0 spiro atoms. The third-order valence-corrected chi connectivity index (χ3v) is 3.76. The molecule has 0 bridgehead atoms. The van der Waals surface area contributed by atoms with Gasteiger partial charge in [-0.05, 0) is 36.8 Å². The lowest BCUT2D eigenvalue weighted by atomic mass is 10.1. The molecule has 94 valence electrons. The Balaban J connectivity index is 2.17. The van der Waals surface area contributed by atoms with Crippen molar-refractivity contribution >= 4 is 17.4 Å². The molecule has 1 atom stereocenters. The molecule has 0 fully saturated rings. The van der Waals surface area contributed by atoms with Gasteiger partial charge in [0.25, 0.3) is 0 Å². The van der Waals surface area contributed by atoms with Crippen LogP contribution in [0.3, 0.4) is 0 Å². The van der Waals surface area contributed by atoms with Crippen molar-refractivity contribution in [3.8, 4) is 5.75 Å². The molecule has 1 unspecified atom stereocenters. The second-order valence-corrected chi connectivity index (χ2v) is 5.00. The Hall–Kier alpha value is -1.58. The average Bonchev–Trinajstić information content (AvgIpc) is 2.88. The van der Waals surface area contributed by atoms with Crippen LogP contribution in [-0.4, -0.2) is 11.7 Å². The van der Waals surface area contributed by atoms with Crippen LogP contribution in [0.1, 0.15) is 28.3 Å². The number of ether oxygens (including phenoxy) is 1. The number of thiophene rings is 1. The van der Waals surface area contributed by atoms with E-state index in [-0.39, 0.29) is 0 Å². The standard InChI is InChI=1S/C15H16O2S/c1-3-13-9-10-14(18-13)15(16)11-5-7-12(8-6-11)17-4-2/h3,5-10,15-16H,1,4H2,2H3. The summed E-state index contributed by atoms with van der Waals surface area (Å²) >= 11 is 1.55. The second-order valence-electron chi connectivity index (χ2n) is 3.85. The van der Waals surface area contributed by atoms with E-state index in [1.54, 1.807) is 17.4 Å². The molecule has 0 radical (unpaired) electrons. The van der Waals surface area contributed by atoms with Crippen LogP contribution in [0.25, 0.3) is 6.08 Å². The Morgan fingerprint density at radius 1 is 1.28 bits per heavy atom. The van der Waals surface area contributed by atoms with E-state index in [0.29, 0.717) is 6.61 Å². The summed E-state index contributed by atoms with van der Waals surface area (Å²) in [6.07, 6.45) is 1.21. The van der Waals surface area contributed by atoms with Gasteiger partial charge in [0, 0.05) is 9.75 Å². The van der Waals surface area contributed by atoms with Crippen molar-refractivity contribution in [3.05, 3.63) is 58.3 Å². The zero-order valence-electron chi connectivity index (χ0n) is 10.3. The molecule has 1 N–H and O–H groups in total. The van der Waals surface area contributed by atoms with Crippen molar-refractivity contribution < 1.29 is 9.84 Å². The van der Waals surface area contributed by atoms with E-state index < -0.39 is 6.10 Å². The first-order valence-corrected chi connectivity index (χ1v) is 6.69. The Morgan fingerprint density at radius 3 is 2.56 bits per heavy atom. The van der Waals surface area contributed by atoms with E-state index in [9.17, 15) is 5.11 Å². The van der Waals surface area contributed by atoms with Crippen LogP contribution < -0.4 is 4.74 Å². The molecule has 1 aromatic heterocycles. The minimum absolute atomic E-state index is 0.584. The number of hydrogen-bond acceptors (Lipinski definition) is 3. The number of hydrogen-bond donors (Lipinski definition) is 1. The molecular weight excluding hydrogens is 244 g/mol. The summed E-state index contributed by atoms with van der Waals surface area (Å²) in [4.78, 5) is 1.99. The van der Waals surface area contributed by atoms with Crippen LogP contribution in [0, 0.1) is 0 Å². The smallest absolute Gasteiger partial charge is 0.119 e. The highest BCUT2D eigenvalue weighted by Crippen LogP contribution is 2.29. The third kappa shape index (κ3) is 2.81. The van der Waals surface area contributed by atoms with Crippen molar-refractivity contribution in [2.24, 2.45) is 0 Å². The normalized spacial score (nSPS) is 12.1. The Morgan fingerprint density at radius 2 is 2.00 bits per heavy atom. The molecule has 0 saturated heterocycles. The van der Waals surface area contributed by atoms with Gasteiger partial charge in [-0.3, -0.25) is 0 Å². The molecule has 1 aromatic carbocycles. The van der Waals surface area contributed by atoms with Gasteiger partial charge in [-0.25, -0.2) is 0 Å². The van der Waals surface area contributed by atoms with Crippen molar-refractivity contribution in [2.75, 3.05) is 6.61 Å². The van der Waals surface area contributed by atoms with E-state index in [1.165, 1.54) is 0 Å². The van der Waals surface area contributed by atoms with Gasteiger partial charge < -0.3 is 9.84 Å². The highest BCUT2D eigenvalue weighted by Gasteiger charge is 2.12. The lowest BCUT2D eigenvalue weighted by Gasteiger charge is -2.10. The fourth-order valence-corrected chi connectivity index (χ4v) is 2.58. The zero-order chi connectivity index (χ0) is 13.0. The molecule has 3 heteroatoms. The van der Waals surface area contributed by atoms with Crippen LogP contribution in [0.2, 0.25) is 0 Å². The first-order valence-electron chi connectivity index (χ1n) is 5.87. The Kier molecular flexibility index (Phi) is 4.18. The quantitative estimate of drug-likeness (QED) is 0.884. The van der Waals surface area contributed by atoms with Crippen molar-refractivity contribution in [3.63, 3.8) is 0 Å². The number of rotatable bonds is 5.